The molecule has 0 aliphatic rings. The van der Waals surface area contributed by atoms with Gasteiger partial charge in [0.05, 0.1) is 5.69 Å². The molecular formula is C8H12N2O3S. The highest BCUT2D eigenvalue weighted by Gasteiger charge is 2.04. The molecule has 0 atom stereocenters. The first-order valence-electron chi connectivity index (χ1n) is 3.97. The Morgan fingerprint density at radius 2 is 2.14 bits per heavy atom. The molecule has 0 aromatic heterocycles. The molecule has 1 aromatic carbocycles. The van der Waals surface area contributed by atoms with E-state index in [2.05, 4.69) is 0 Å². The third kappa shape index (κ3) is 2.99. The van der Waals surface area contributed by atoms with Crippen LogP contribution in [0.2, 0.25) is 0 Å². The third-order valence-electron chi connectivity index (χ3n) is 1.81. The van der Waals surface area contributed by atoms with Crippen LogP contribution in [0.15, 0.2) is 18.2 Å². The number of nitrogens with two attached hydrogens (primary N) is 1. The Balaban J connectivity index is 2.98. The van der Waals surface area contributed by atoms with Crippen molar-refractivity contribution < 1.29 is 13.0 Å². The van der Waals surface area contributed by atoms with E-state index in [1.165, 1.54) is 0 Å². The van der Waals surface area contributed by atoms with Crippen molar-refractivity contribution in [2.24, 2.45) is 5.73 Å². The number of rotatable bonds is 3. The maximum absolute atomic E-state index is 10.5. The second-order valence-corrected chi connectivity index (χ2v) is 4.08. The Morgan fingerprint density at radius 3 is 2.57 bits per heavy atom. The molecule has 4 N–H and O–H groups in total. The van der Waals surface area contributed by atoms with Crippen LogP contribution >= 0.6 is 0 Å². The molecule has 0 aliphatic carbocycles. The molecule has 14 heavy (non-hydrogen) atoms. The van der Waals surface area contributed by atoms with Crippen molar-refractivity contribution in [1.82, 2.24) is 0 Å². The summed E-state index contributed by atoms with van der Waals surface area (Å²) in [5, 5.41) is 0. The molecule has 1 rings (SSSR count). The minimum absolute atomic E-state index is 0.321. The van der Waals surface area contributed by atoms with Crippen molar-refractivity contribution in [3.8, 4) is 0 Å². The van der Waals surface area contributed by atoms with Gasteiger partial charge in [-0.15, -0.1) is 0 Å². The van der Waals surface area contributed by atoms with Gasteiger partial charge in [0.2, 0.25) is 0 Å². The van der Waals surface area contributed by atoms with E-state index >= 15 is 0 Å². The van der Waals surface area contributed by atoms with E-state index in [0.717, 1.165) is 11.1 Å². The van der Waals surface area contributed by atoms with Crippen LogP contribution in [0.1, 0.15) is 11.1 Å². The lowest BCUT2D eigenvalue weighted by Gasteiger charge is -2.06. The van der Waals surface area contributed by atoms with Crippen LogP contribution in [0.4, 0.5) is 5.69 Å². The van der Waals surface area contributed by atoms with Crippen LogP contribution < -0.4 is 10.5 Å². The summed E-state index contributed by atoms with van der Waals surface area (Å²) in [5.74, 6) is 0. The maximum atomic E-state index is 10.5. The molecule has 0 fully saturated rings. The monoisotopic (exact) mass is 216 g/mol. The lowest BCUT2D eigenvalue weighted by molar-refractivity contribution is 0.489. The first-order valence-corrected chi connectivity index (χ1v) is 5.41. The molecule has 5 nitrogen and oxygen atoms in total. The van der Waals surface area contributed by atoms with Gasteiger partial charge in [0, 0.05) is 6.54 Å². The van der Waals surface area contributed by atoms with Crippen molar-refractivity contribution in [3.05, 3.63) is 29.3 Å². The van der Waals surface area contributed by atoms with Gasteiger partial charge in [0.1, 0.15) is 0 Å². The number of hydrogen-bond donors (Lipinski definition) is 3. The molecule has 0 saturated carbocycles. The van der Waals surface area contributed by atoms with Gasteiger partial charge in [-0.3, -0.25) is 9.27 Å². The normalized spacial score (nSPS) is 11.4. The van der Waals surface area contributed by atoms with Gasteiger partial charge in [-0.2, -0.15) is 8.42 Å². The molecule has 0 radical (unpaired) electrons. The van der Waals surface area contributed by atoms with E-state index in [1.54, 1.807) is 18.2 Å². The van der Waals surface area contributed by atoms with Crippen molar-refractivity contribution in [1.29, 1.82) is 0 Å². The maximum Gasteiger partial charge on any atom is 0.357 e. The van der Waals surface area contributed by atoms with Crippen LogP contribution in [0, 0.1) is 6.92 Å². The van der Waals surface area contributed by atoms with Crippen LogP contribution in [0.5, 0.6) is 0 Å². The van der Waals surface area contributed by atoms with Gasteiger partial charge in [-0.05, 0) is 30.2 Å². The lowest BCUT2D eigenvalue weighted by Crippen LogP contribution is -2.10. The zero-order chi connectivity index (χ0) is 10.8. The summed E-state index contributed by atoms with van der Waals surface area (Å²) in [7, 11) is -4.19. The molecule has 0 unspecified atom stereocenters. The first-order chi connectivity index (χ1) is 6.42. The number of nitrogens with one attached hydrogen (secondary N) is 1. The minimum atomic E-state index is -4.19. The zero-order valence-corrected chi connectivity index (χ0v) is 8.50. The minimum Gasteiger partial charge on any atom is -0.326 e. The zero-order valence-electron chi connectivity index (χ0n) is 7.69. The van der Waals surface area contributed by atoms with E-state index in [-0.39, 0.29) is 0 Å². The number of anilines is 1. The Kier molecular flexibility index (Phi) is 3.10. The Labute approximate surface area is 82.8 Å². The predicted molar refractivity (Wildman–Crippen MR) is 54.2 cm³/mol. The van der Waals surface area contributed by atoms with Gasteiger partial charge >= 0.3 is 10.3 Å². The molecule has 1 aromatic rings. The van der Waals surface area contributed by atoms with Crippen molar-refractivity contribution in [2.75, 3.05) is 4.72 Å². The van der Waals surface area contributed by atoms with Gasteiger partial charge < -0.3 is 5.73 Å². The van der Waals surface area contributed by atoms with Gasteiger partial charge in [0.25, 0.3) is 0 Å². The first kappa shape index (κ1) is 11.0. The predicted octanol–water partition coefficient (Wildman–Crippen LogP) is 0.668. The van der Waals surface area contributed by atoms with Crippen molar-refractivity contribution in [2.45, 2.75) is 13.5 Å². The molecule has 78 valence electrons. The second-order valence-electron chi connectivity index (χ2n) is 2.92. The fourth-order valence-corrected chi connectivity index (χ4v) is 1.56. The fraction of sp³-hybridized carbons (Fsp3) is 0.250. The molecule has 0 saturated heterocycles. The number of benzene rings is 1. The molecule has 0 aliphatic heterocycles. The smallest absolute Gasteiger partial charge is 0.326 e. The molecule has 0 amide bonds. The van der Waals surface area contributed by atoms with Crippen LogP contribution in [-0.2, 0) is 16.8 Å². The SMILES string of the molecule is Cc1cc(NS(=O)(=O)O)ccc1CN. The largest absolute Gasteiger partial charge is 0.357 e. The highest BCUT2D eigenvalue weighted by Crippen LogP contribution is 2.15. The lowest BCUT2D eigenvalue weighted by atomic mass is 10.1. The van der Waals surface area contributed by atoms with Crippen molar-refractivity contribution in [3.63, 3.8) is 0 Å². The molecule has 0 bridgehead atoms. The molecule has 0 spiro atoms. The second kappa shape index (κ2) is 3.95. The average molecular weight is 216 g/mol. The summed E-state index contributed by atoms with van der Waals surface area (Å²) >= 11 is 0. The van der Waals surface area contributed by atoms with E-state index in [1.807, 2.05) is 11.6 Å². The summed E-state index contributed by atoms with van der Waals surface area (Å²) in [4.78, 5) is 0. The average Bonchev–Trinajstić information content (AvgIpc) is 2.01. The fourth-order valence-electron chi connectivity index (χ4n) is 1.14. The molecular weight excluding hydrogens is 204 g/mol. The topological polar surface area (TPSA) is 92.4 Å². The van der Waals surface area contributed by atoms with Gasteiger partial charge in [-0.1, -0.05) is 6.07 Å². The Bertz CT molecular complexity index is 428. The Morgan fingerprint density at radius 1 is 1.50 bits per heavy atom. The highest BCUT2D eigenvalue weighted by atomic mass is 32.2. The third-order valence-corrected chi connectivity index (χ3v) is 2.30. The summed E-state index contributed by atoms with van der Waals surface area (Å²) in [5.41, 5.74) is 7.57. The van der Waals surface area contributed by atoms with Crippen LogP contribution in [0.25, 0.3) is 0 Å². The number of hydrogen-bond acceptors (Lipinski definition) is 3. The van der Waals surface area contributed by atoms with Gasteiger partial charge in [-0.25, -0.2) is 0 Å². The van der Waals surface area contributed by atoms with Crippen LogP contribution in [-0.4, -0.2) is 13.0 Å². The quantitative estimate of drug-likeness (QED) is 0.647. The number of aryl methyl sites for hydroxylation is 1. The summed E-state index contributed by atoms with van der Waals surface area (Å²) in [6, 6.07) is 4.86. The van der Waals surface area contributed by atoms with Crippen molar-refractivity contribution >= 4 is 16.0 Å². The van der Waals surface area contributed by atoms with E-state index < -0.39 is 10.3 Å². The summed E-state index contributed by atoms with van der Waals surface area (Å²) in [6.07, 6.45) is 0. The van der Waals surface area contributed by atoms with E-state index in [0.29, 0.717) is 12.2 Å². The van der Waals surface area contributed by atoms with Crippen LogP contribution in [0.3, 0.4) is 0 Å². The van der Waals surface area contributed by atoms with E-state index in [9.17, 15) is 8.42 Å². The summed E-state index contributed by atoms with van der Waals surface area (Å²) < 4.78 is 31.5. The standard InChI is InChI=1S/C8H12N2O3S/c1-6-4-8(10-14(11,12)13)3-2-7(6)5-9/h2-4,10H,5,9H2,1H3,(H,11,12,13). The summed E-state index contributed by atoms with van der Waals surface area (Å²) in [6.45, 7) is 2.22. The van der Waals surface area contributed by atoms with Gasteiger partial charge in [0.15, 0.2) is 0 Å². The highest BCUT2D eigenvalue weighted by molar-refractivity contribution is 7.87. The van der Waals surface area contributed by atoms with E-state index in [4.69, 9.17) is 10.3 Å². The molecule has 0 heterocycles. The Hall–Kier alpha value is -1.11. The molecule has 6 heteroatoms.